The second kappa shape index (κ2) is 4.33. The average molecular weight is 257 g/mol. The van der Waals surface area contributed by atoms with E-state index in [9.17, 15) is 14.3 Å². The van der Waals surface area contributed by atoms with Crippen LogP contribution in [-0.2, 0) is 4.74 Å². The Morgan fingerprint density at radius 1 is 1.72 bits per heavy atom. The zero-order valence-corrected chi connectivity index (χ0v) is 10.2. The molecule has 0 radical (unpaired) electrons. The zero-order valence-electron chi connectivity index (χ0n) is 10.2. The smallest absolute Gasteiger partial charge is 0.351 e. The molecule has 0 aliphatic carbocycles. The first-order valence-electron chi connectivity index (χ1n) is 5.66. The summed E-state index contributed by atoms with van der Waals surface area (Å²) < 4.78 is 20.7. The van der Waals surface area contributed by atoms with Crippen molar-refractivity contribution in [3.63, 3.8) is 0 Å². The largest absolute Gasteiger partial charge is 0.393 e. The Morgan fingerprint density at radius 2 is 2.39 bits per heavy atom. The Hall–Kier alpha value is -1.47. The maximum atomic E-state index is 14.2. The molecule has 0 amide bonds. The summed E-state index contributed by atoms with van der Waals surface area (Å²) in [4.78, 5) is 15.2. The molecule has 4 atom stereocenters. The molecule has 3 N–H and O–H groups in total. The number of aliphatic hydroxyl groups excluding tert-OH is 1. The van der Waals surface area contributed by atoms with E-state index in [4.69, 9.17) is 10.5 Å². The van der Waals surface area contributed by atoms with Gasteiger partial charge in [0.1, 0.15) is 5.82 Å². The molecule has 1 fully saturated rings. The van der Waals surface area contributed by atoms with Gasteiger partial charge >= 0.3 is 5.69 Å². The van der Waals surface area contributed by atoms with E-state index >= 15 is 0 Å². The molecule has 1 aromatic heterocycles. The highest BCUT2D eigenvalue weighted by molar-refractivity contribution is 5.23. The lowest BCUT2D eigenvalue weighted by molar-refractivity contribution is -0.103. The minimum Gasteiger partial charge on any atom is -0.393 e. The van der Waals surface area contributed by atoms with Gasteiger partial charge in [0.25, 0.3) is 0 Å². The number of rotatable bonds is 2. The molecule has 1 aromatic rings. The Balaban J connectivity index is 2.38. The quantitative estimate of drug-likeness (QED) is 0.783. The molecule has 2 heterocycles. The maximum Gasteiger partial charge on any atom is 0.351 e. The highest BCUT2D eigenvalue weighted by Crippen LogP contribution is 2.42. The van der Waals surface area contributed by atoms with Crippen molar-refractivity contribution < 1.29 is 14.2 Å². The third-order valence-corrected chi connectivity index (χ3v) is 3.54. The van der Waals surface area contributed by atoms with Crippen LogP contribution in [0.1, 0.15) is 20.1 Å². The first-order chi connectivity index (χ1) is 8.39. The fourth-order valence-corrected chi connectivity index (χ4v) is 2.04. The molecule has 0 saturated carbocycles. The molecule has 2 rings (SSSR count). The van der Waals surface area contributed by atoms with Gasteiger partial charge in [-0.1, -0.05) is 6.92 Å². The zero-order chi connectivity index (χ0) is 13.5. The Labute approximate surface area is 103 Å². The molecule has 6 nitrogen and oxygen atoms in total. The molecule has 1 aliphatic heterocycles. The molecule has 0 aromatic carbocycles. The number of halogens is 1. The SMILES string of the molecule is C[C@H]1[C@@H](F)C(n2ccc(N)nc2=O)O[C@]1(C)CO. The monoisotopic (exact) mass is 257 g/mol. The van der Waals surface area contributed by atoms with Crippen LogP contribution in [0.3, 0.4) is 0 Å². The van der Waals surface area contributed by atoms with Crippen molar-refractivity contribution in [2.24, 2.45) is 5.92 Å². The summed E-state index contributed by atoms with van der Waals surface area (Å²) in [7, 11) is 0. The Morgan fingerprint density at radius 3 is 2.89 bits per heavy atom. The van der Waals surface area contributed by atoms with Crippen molar-refractivity contribution in [3.05, 3.63) is 22.7 Å². The molecular formula is C11H16FN3O3. The fourth-order valence-electron chi connectivity index (χ4n) is 2.04. The van der Waals surface area contributed by atoms with E-state index in [1.165, 1.54) is 12.3 Å². The van der Waals surface area contributed by atoms with E-state index in [2.05, 4.69) is 4.98 Å². The molecule has 18 heavy (non-hydrogen) atoms. The summed E-state index contributed by atoms with van der Waals surface area (Å²) in [5.74, 6) is -0.459. The number of anilines is 1. The summed E-state index contributed by atoms with van der Waals surface area (Å²) >= 11 is 0. The van der Waals surface area contributed by atoms with Crippen LogP contribution in [0.5, 0.6) is 0 Å². The lowest BCUT2D eigenvalue weighted by Gasteiger charge is -2.25. The van der Waals surface area contributed by atoms with Crippen molar-refractivity contribution in [2.75, 3.05) is 12.3 Å². The van der Waals surface area contributed by atoms with Crippen LogP contribution >= 0.6 is 0 Å². The second-order valence-electron chi connectivity index (χ2n) is 4.75. The van der Waals surface area contributed by atoms with Crippen LogP contribution in [-0.4, -0.2) is 33.0 Å². The van der Waals surface area contributed by atoms with Crippen LogP contribution in [0.15, 0.2) is 17.1 Å². The molecule has 1 aliphatic rings. The first-order valence-corrected chi connectivity index (χ1v) is 5.66. The number of hydrogen-bond donors (Lipinski definition) is 2. The van der Waals surface area contributed by atoms with Gasteiger partial charge in [-0.05, 0) is 13.0 Å². The predicted octanol–water partition coefficient (Wildman–Crippen LogP) is 0.0795. The van der Waals surface area contributed by atoms with Crippen LogP contribution in [0, 0.1) is 5.92 Å². The lowest BCUT2D eigenvalue weighted by atomic mass is 9.90. The van der Waals surface area contributed by atoms with Gasteiger partial charge in [-0.2, -0.15) is 4.98 Å². The summed E-state index contributed by atoms with van der Waals surface area (Å²) in [5.41, 5.74) is 3.69. The van der Waals surface area contributed by atoms with Gasteiger partial charge in [-0.15, -0.1) is 0 Å². The van der Waals surface area contributed by atoms with E-state index in [1.54, 1.807) is 13.8 Å². The van der Waals surface area contributed by atoms with Crippen molar-refractivity contribution in [2.45, 2.75) is 31.8 Å². The van der Waals surface area contributed by atoms with Gasteiger partial charge in [0.2, 0.25) is 0 Å². The summed E-state index contributed by atoms with van der Waals surface area (Å²) in [6, 6.07) is 1.40. The van der Waals surface area contributed by atoms with Crippen LogP contribution in [0.25, 0.3) is 0 Å². The van der Waals surface area contributed by atoms with Gasteiger partial charge in [-0.25, -0.2) is 9.18 Å². The van der Waals surface area contributed by atoms with Crippen LogP contribution < -0.4 is 11.4 Å². The molecular weight excluding hydrogens is 241 g/mol. The van der Waals surface area contributed by atoms with E-state index < -0.39 is 29.6 Å². The number of nitrogens with two attached hydrogens (primary N) is 1. The first kappa shape index (κ1) is 13.0. The van der Waals surface area contributed by atoms with Gasteiger partial charge in [0.15, 0.2) is 12.4 Å². The summed E-state index contributed by atoms with van der Waals surface area (Å²) in [6.45, 7) is 2.93. The standard InChI is InChI=1S/C11H16FN3O3/c1-6-8(12)9(18-11(6,2)5-16)15-4-3-7(13)14-10(15)17/h3-4,6,8-9,16H,5H2,1-2H3,(H2,13,14,17)/t6-,8+,9?,11+/m0/s1. The highest BCUT2D eigenvalue weighted by atomic mass is 19.1. The van der Waals surface area contributed by atoms with Gasteiger partial charge in [-0.3, -0.25) is 4.57 Å². The third-order valence-electron chi connectivity index (χ3n) is 3.54. The molecule has 0 bridgehead atoms. The van der Waals surface area contributed by atoms with E-state index in [0.29, 0.717) is 0 Å². The third kappa shape index (κ3) is 1.89. The maximum absolute atomic E-state index is 14.2. The summed E-state index contributed by atoms with van der Waals surface area (Å²) in [6.07, 6.45) is -1.14. The highest BCUT2D eigenvalue weighted by Gasteiger charge is 2.51. The number of nitrogen functional groups attached to an aromatic ring is 1. The normalized spacial score (nSPS) is 35.9. The van der Waals surface area contributed by atoms with Crippen LogP contribution in [0.4, 0.5) is 10.2 Å². The van der Waals surface area contributed by atoms with Crippen molar-refractivity contribution in [1.29, 1.82) is 0 Å². The summed E-state index contributed by atoms with van der Waals surface area (Å²) in [5, 5.41) is 9.28. The molecule has 7 heteroatoms. The van der Waals surface area contributed by atoms with E-state index in [1.807, 2.05) is 0 Å². The van der Waals surface area contributed by atoms with Gasteiger partial charge < -0.3 is 15.6 Å². The number of nitrogens with zero attached hydrogens (tertiary/aromatic N) is 2. The number of aromatic nitrogens is 2. The number of ether oxygens (including phenoxy) is 1. The number of hydrogen-bond acceptors (Lipinski definition) is 5. The van der Waals surface area contributed by atoms with Gasteiger partial charge in [0, 0.05) is 12.1 Å². The molecule has 100 valence electrons. The minimum absolute atomic E-state index is 0.0719. The van der Waals surface area contributed by atoms with Crippen LogP contribution in [0.2, 0.25) is 0 Å². The minimum atomic E-state index is -1.40. The van der Waals surface area contributed by atoms with E-state index in [0.717, 1.165) is 4.57 Å². The lowest BCUT2D eigenvalue weighted by Crippen LogP contribution is -2.36. The fraction of sp³-hybridized carbons (Fsp3) is 0.636. The Bertz CT molecular complexity index is 507. The van der Waals surface area contributed by atoms with E-state index in [-0.39, 0.29) is 12.4 Å². The molecule has 0 spiro atoms. The average Bonchev–Trinajstić information content (AvgIpc) is 2.55. The number of aliphatic hydroxyl groups is 1. The molecule has 1 saturated heterocycles. The van der Waals surface area contributed by atoms with Crippen molar-refractivity contribution >= 4 is 5.82 Å². The topological polar surface area (TPSA) is 90.4 Å². The van der Waals surface area contributed by atoms with Crippen molar-refractivity contribution in [3.8, 4) is 0 Å². The van der Waals surface area contributed by atoms with Crippen molar-refractivity contribution in [1.82, 2.24) is 9.55 Å². The van der Waals surface area contributed by atoms with Gasteiger partial charge in [0.05, 0.1) is 12.2 Å². The Kier molecular flexibility index (Phi) is 3.12. The second-order valence-corrected chi connectivity index (χ2v) is 4.75. The molecule has 1 unspecified atom stereocenters. The number of alkyl halides is 1. The predicted molar refractivity (Wildman–Crippen MR) is 62.6 cm³/mol.